The van der Waals surface area contributed by atoms with Gasteiger partial charge in [0.2, 0.25) is 5.91 Å². The summed E-state index contributed by atoms with van der Waals surface area (Å²) in [5.74, 6) is 0.348. The molecule has 4 nitrogen and oxygen atoms in total. The first-order chi connectivity index (χ1) is 10.7. The molecule has 6 heteroatoms. The summed E-state index contributed by atoms with van der Waals surface area (Å²) in [5.41, 5.74) is 2.83. The van der Waals surface area contributed by atoms with Gasteiger partial charge in [0.05, 0.1) is 11.9 Å². The second kappa shape index (κ2) is 5.06. The van der Waals surface area contributed by atoms with Gasteiger partial charge >= 0.3 is 0 Å². The Labute approximate surface area is 130 Å². The number of benzene rings is 1. The van der Waals surface area contributed by atoms with Crippen molar-refractivity contribution in [3.8, 4) is 5.69 Å². The minimum absolute atomic E-state index is 0.0178. The molecule has 1 amide bonds. The predicted molar refractivity (Wildman–Crippen MR) is 82.9 cm³/mol. The number of amides is 1. The molecule has 0 radical (unpaired) electrons. The quantitative estimate of drug-likeness (QED) is 0.786. The van der Waals surface area contributed by atoms with E-state index in [-0.39, 0.29) is 17.6 Å². The van der Waals surface area contributed by atoms with Crippen molar-refractivity contribution in [1.29, 1.82) is 0 Å². The molecule has 0 saturated heterocycles. The number of nitrogens with one attached hydrogen (secondary N) is 1. The summed E-state index contributed by atoms with van der Waals surface area (Å²) >= 11 is 1.61. The highest BCUT2D eigenvalue weighted by Gasteiger charge is 2.30. The molecule has 4 rings (SSSR count). The fraction of sp³-hybridized carbons (Fsp3) is 0.125. The lowest BCUT2D eigenvalue weighted by molar-refractivity contribution is -0.116. The van der Waals surface area contributed by atoms with Gasteiger partial charge < -0.3 is 5.32 Å². The molecule has 1 unspecified atom stereocenters. The highest BCUT2D eigenvalue weighted by molar-refractivity contribution is 7.08. The molecule has 3 heterocycles. The molecule has 22 heavy (non-hydrogen) atoms. The Kier molecular flexibility index (Phi) is 3.04. The van der Waals surface area contributed by atoms with Gasteiger partial charge in [0.1, 0.15) is 11.6 Å². The number of thiophene rings is 1. The maximum Gasteiger partial charge on any atom is 0.226 e. The lowest BCUT2D eigenvalue weighted by atomic mass is 9.89. The zero-order valence-electron chi connectivity index (χ0n) is 11.5. The van der Waals surface area contributed by atoms with E-state index in [1.807, 2.05) is 11.4 Å². The number of carbonyl (C=O) groups excluding carboxylic acids is 1. The summed E-state index contributed by atoms with van der Waals surface area (Å²) in [6.07, 6.45) is 2.19. The smallest absolute Gasteiger partial charge is 0.226 e. The van der Waals surface area contributed by atoms with Gasteiger partial charge in [-0.25, -0.2) is 9.07 Å². The van der Waals surface area contributed by atoms with Crippen LogP contribution in [0.5, 0.6) is 0 Å². The first-order valence-electron chi connectivity index (χ1n) is 6.88. The summed E-state index contributed by atoms with van der Waals surface area (Å²) in [7, 11) is 0. The molecule has 2 aromatic heterocycles. The molecule has 1 aliphatic heterocycles. The number of rotatable bonds is 2. The first-order valence-corrected chi connectivity index (χ1v) is 7.82. The molecule has 0 fully saturated rings. The van der Waals surface area contributed by atoms with Crippen LogP contribution in [0.3, 0.4) is 0 Å². The van der Waals surface area contributed by atoms with Crippen LogP contribution in [0.2, 0.25) is 0 Å². The normalized spacial score (nSPS) is 17.1. The third kappa shape index (κ3) is 2.12. The van der Waals surface area contributed by atoms with Gasteiger partial charge in [-0.1, -0.05) is 0 Å². The van der Waals surface area contributed by atoms with Gasteiger partial charge in [-0.2, -0.15) is 16.4 Å². The van der Waals surface area contributed by atoms with Crippen molar-refractivity contribution < 1.29 is 9.18 Å². The molecule has 1 atom stereocenters. The van der Waals surface area contributed by atoms with Gasteiger partial charge in [-0.15, -0.1) is 0 Å². The number of aromatic nitrogens is 2. The summed E-state index contributed by atoms with van der Waals surface area (Å²) in [6.45, 7) is 0. The molecular formula is C16H12FN3OS. The van der Waals surface area contributed by atoms with Crippen LogP contribution in [0, 0.1) is 5.82 Å². The van der Waals surface area contributed by atoms with Gasteiger partial charge in [0.25, 0.3) is 0 Å². The summed E-state index contributed by atoms with van der Waals surface area (Å²) in [6, 6.07) is 8.08. The van der Waals surface area contributed by atoms with E-state index < -0.39 is 0 Å². The number of carbonyl (C=O) groups is 1. The van der Waals surface area contributed by atoms with Crippen molar-refractivity contribution in [2.75, 3.05) is 5.32 Å². The SMILES string of the molecule is O=C1CC(c2ccsc2)c2cnn(-c3ccc(F)cc3)c2N1. The van der Waals surface area contributed by atoms with Gasteiger partial charge in [-0.3, -0.25) is 4.79 Å². The van der Waals surface area contributed by atoms with Crippen molar-refractivity contribution >= 4 is 23.1 Å². The van der Waals surface area contributed by atoms with Gasteiger partial charge in [0.15, 0.2) is 0 Å². The van der Waals surface area contributed by atoms with Crippen molar-refractivity contribution in [2.45, 2.75) is 12.3 Å². The molecule has 0 saturated carbocycles. The molecule has 3 aromatic rings. The van der Waals surface area contributed by atoms with Crippen LogP contribution >= 0.6 is 11.3 Å². The van der Waals surface area contributed by atoms with Crippen LogP contribution in [-0.2, 0) is 4.79 Å². The summed E-state index contributed by atoms with van der Waals surface area (Å²) < 4.78 is 14.7. The van der Waals surface area contributed by atoms with E-state index in [9.17, 15) is 9.18 Å². The average Bonchev–Trinajstić information content (AvgIpc) is 3.16. The third-order valence-electron chi connectivity index (χ3n) is 3.84. The minimum Gasteiger partial charge on any atom is -0.310 e. The van der Waals surface area contributed by atoms with E-state index in [0.717, 1.165) is 11.1 Å². The number of hydrogen-bond donors (Lipinski definition) is 1. The average molecular weight is 313 g/mol. The van der Waals surface area contributed by atoms with E-state index in [2.05, 4.69) is 15.8 Å². The van der Waals surface area contributed by atoms with E-state index in [0.29, 0.717) is 17.9 Å². The Hall–Kier alpha value is -2.47. The van der Waals surface area contributed by atoms with Crippen molar-refractivity contribution in [3.05, 3.63) is 64.2 Å². The fourth-order valence-electron chi connectivity index (χ4n) is 2.77. The van der Waals surface area contributed by atoms with Gasteiger partial charge in [0, 0.05) is 17.9 Å². The second-order valence-corrected chi connectivity index (χ2v) is 5.98. The van der Waals surface area contributed by atoms with Crippen molar-refractivity contribution in [3.63, 3.8) is 0 Å². The Balaban J connectivity index is 1.82. The fourth-order valence-corrected chi connectivity index (χ4v) is 3.48. The largest absolute Gasteiger partial charge is 0.310 e. The number of hydrogen-bond acceptors (Lipinski definition) is 3. The summed E-state index contributed by atoms with van der Waals surface area (Å²) in [4.78, 5) is 12.1. The van der Waals surface area contributed by atoms with Crippen LogP contribution in [0.15, 0.2) is 47.3 Å². The number of nitrogens with zero attached hydrogens (tertiary/aromatic N) is 2. The zero-order chi connectivity index (χ0) is 15.1. The lowest BCUT2D eigenvalue weighted by Gasteiger charge is -2.22. The zero-order valence-corrected chi connectivity index (χ0v) is 12.3. The number of anilines is 1. The monoisotopic (exact) mass is 313 g/mol. The molecule has 1 aliphatic rings. The van der Waals surface area contributed by atoms with E-state index >= 15 is 0 Å². The Bertz CT molecular complexity index is 824. The molecule has 1 aromatic carbocycles. The molecule has 110 valence electrons. The van der Waals surface area contributed by atoms with Gasteiger partial charge in [-0.05, 0) is 46.7 Å². The van der Waals surface area contributed by atoms with Crippen LogP contribution in [0.25, 0.3) is 5.69 Å². The Morgan fingerprint density at radius 1 is 1.27 bits per heavy atom. The van der Waals surface area contributed by atoms with E-state index in [1.165, 1.54) is 12.1 Å². The van der Waals surface area contributed by atoms with Crippen molar-refractivity contribution in [2.24, 2.45) is 0 Å². The first kappa shape index (κ1) is 13.2. The summed E-state index contributed by atoms with van der Waals surface area (Å²) in [5, 5.41) is 11.3. The number of fused-ring (bicyclic) bond motifs is 1. The highest BCUT2D eigenvalue weighted by Crippen LogP contribution is 2.38. The lowest BCUT2D eigenvalue weighted by Crippen LogP contribution is -2.24. The molecule has 0 spiro atoms. The molecule has 0 aliphatic carbocycles. The van der Waals surface area contributed by atoms with Crippen LogP contribution in [-0.4, -0.2) is 15.7 Å². The molecular weight excluding hydrogens is 301 g/mol. The van der Waals surface area contributed by atoms with Crippen molar-refractivity contribution in [1.82, 2.24) is 9.78 Å². The molecule has 1 N–H and O–H groups in total. The van der Waals surface area contributed by atoms with Crippen LogP contribution in [0.4, 0.5) is 10.2 Å². The number of halogens is 1. The Morgan fingerprint density at radius 2 is 2.09 bits per heavy atom. The van der Waals surface area contributed by atoms with Crippen LogP contribution in [0.1, 0.15) is 23.5 Å². The topological polar surface area (TPSA) is 46.9 Å². The maximum absolute atomic E-state index is 13.1. The molecule has 0 bridgehead atoms. The second-order valence-electron chi connectivity index (χ2n) is 5.20. The van der Waals surface area contributed by atoms with Crippen LogP contribution < -0.4 is 5.32 Å². The van der Waals surface area contributed by atoms with E-state index in [1.54, 1.807) is 34.3 Å². The predicted octanol–water partition coefficient (Wildman–Crippen LogP) is 3.55. The standard InChI is InChI=1S/C16H12FN3OS/c17-11-1-3-12(4-2-11)20-16-14(8-18-20)13(7-15(21)19-16)10-5-6-22-9-10/h1-6,8-9,13H,7H2,(H,19,21). The van der Waals surface area contributed by atoms with E-state index in [4.69, 9.17) is 0 Å². The highest BCUT2D eigenvalue weighted by atomic mass is 32.1. The third-order valence-corrected chi connectivity index (χ3v) is 4.54. The Morgan fingerprint density at radius 3 is 2.82 bits per heavy atom. The maximum atomic E-state index is 13.1. The minimum atomic E-state index is -0.301.